The van der Waals surface area contributed by atoms with E-state index >= 15 is 0 Å². The molecule has 0 aromatic heterocycles. The predicted molar refractivity (Wildman–Crippen MR) is 85.6 cm³/mol. The molecule has 6 nitrogen and oxygen atoms in total. The van der Waals surface area contributed by atoms with Gasteiger partial charge >= 0.3 is 0 Å². The molecule has 0 fully saturated rings. The minimum absolute atomic E-state index is 0.0789. The molecule has 122 valence electrons. The van der Waals surface area contributed by atoms with Gasteiger partial charge in [0, 0.05) is 25.6 Å². The Morgan fingerprint density at radius 1 is 1.48 bits per heavy atom. The highest BCUT2D eigenvalue weighted by Gasteiger charge is 2.33. The van der Waals surface area contributed by atoms with Crippen LogP contribution in [-0.2, 0) is 16.1 Å². The monoisotopic (exact) mass is 316 g/mol. The second kappa shape index (κ2) is 7.69. The third-order valence-electron chi connectivity index (χ3n) is 3.94. The number of rotatable bonds is 7. The van der Waals surface area contributed by atoms with E-state index in [9.17, 15) is 14.4 Å². The van der Waals surface area contributed by atoms with Gasteiger partial charge in [-0.05, 0) is 23.6 Å². The first-order chi connectivity index (χ1) is 11.1. The van der Waals surface area contributed by atoms with Crippen molar-refractivity contribution in [2.45, 2.75) is 25.4 Å². The zero-order valence-electron chi connectivity index (χ0n) is 13.0. The highest BCUT2D eigenvalue weighted by molar-refractivity contribution is 6.00. The van der Waals surface area contributed by atoms with Gasteiger partial charge < -0.3 is 20.1 Å². The van der Waals surface area contributed by atoms with Gasteiger partial charge in [-0.25, -0.2) is 0 Å². The average Bonchev–Trinajstić information content (AvgIpc) is 2.91. The fraction of sp³-hybridized carbons (Fsp3) is 0.353. The fourth-order valence-electron chi connectivity index (χ4n) is 2.68. The first kappa shape index (κ1) is 16.9. The summed E-state index contributed by atoms with van der Waals surface area (Å²) in [4.78, 5) is 36.8. The number of carbonyl (C=O) groups is 3. The number of aliphatic hydroxyl groups is 1. The standard InChI is InChI=1S/C17H20N2O4/c1-18-16(22)8-7-13(11-21)19-10-15-12(5-3-9-20)4-2-6-14(15)17(19)23/h2-6,11,13,20H,7-10H2,1H3,(H,18,22)/b5-3+. The van der Waals surface area contributed by atoms with Crippen LogP contribution in [0.2, 0.25) is 0 Å². The molecule has 0 saturated carbocycles. The summed E-state index contributed by atoms with van der Waals surface area (Å²) in [6, 6.07) is 4.75. The minimum Gasteiger partial charge on any atom is -0.392 e. The van der Waals surface area contributed by atoms with Gasteiger partial charge in [0.05, 0.1) is 12.6 Å². The molecule has 2 amide bonds. The maximum atomic E-state index is 12.5. The fourth-order valence-corrected chi connectivity index (χ4v) is 2.68. The summed E-state index contributed by atoms with van der Waals surface area (Å²) in [5.41, 5.74) is 2.26. The average molecular weight is 316 g/mol. The van der Waals surface area contributed by atoms with Crippen molar-refractivity contribution in [1.82, 2.24) is 10.2 Å². The van der Waals surface area contributed by atoms with Crippen molar-refractivity contribution in [1.29, 1.82) is 0 Å². The van der Waals surface area contributed by atoms with Gasteiger partial charge in [0.25, 0.3) is 5.91 Å². The van der Waals surface area contributed by atoms with Crippen LogP contribution in [0.3, 0.4) is 0 Å². The molecule has 1 heterocycles. The number of aliphatic hydroxyl groups excluding tert-OH is 1. The predicted octanol–water partition coefficient (Wildman–Crippen LogP) is 0.742. The molecule has 0 radical (unpaired) electrons. The first-order valence-corrected chi connectivity index (χ1v) is 7.48. The number of nitrogens with zero attached hydrogens (tertiary/aromatic N) is 1. The van der Waals surface area contributed by atoms with E-state index in [1.165, 1.54) is 11.9 Å². The summed E-state index contributed by atoms with van der Waals surface area (Å²) in [6.07, 6.45) is 4.57. The Morgan fingerprint density at radius 2 is 2.26 bits per heavy atom. The summed E-state index contributed by atoms with van der Waals surface area (Å²) < 4.78 is 0. The van der Waals surface area contributed by atoms with Crippen molar-refractivity contribution < 1.29 is 19.5 Å². The van der Waals surface area contributed by atoms with Crippen molar-refractivity contribution >= 4 is 24.2 Å². The van der Waals surface area contributed by atoms with Crippen molar-refractivity contribution in [3.05, 3.63) is 41.0 Å². The van der Waals surface area contributed by atoms with Crippen molar-refractivity contribution in [3.8, 4) is 0 Å². The summed E-state index contributed by atoms with van der Waals surface area (Å²) >= 11 is 0. The summed E-state index contributed by atoms with van der Waals surface area (Å²) in [7, 11) is 1.54. The molecule has 2 N–H and O–H groups in total. The molecular formula is C17H20N2O4. The smallest absolute Gasteiger partial charge is 0.255 e. The molecule has 1 aliphatic heterocycles. The largest absolute Gasteiger partial charge is 0.392 e. The second-order valence-corrected chi connectivity index (χ2v) is 5.31. The number of carbonyl (C=O) groups excluding carboxylic acids is 3. The van der Waals surface area contributed by atoms with Crippen molar-refractivity contribution in [2.75, 3.05) is 13.7 Å². The van der Waals surface area contributed by atoms with E-state index in [2.05, 4.69) is 5.32 Å². The SMILES string of the molecule is CNC(=O)CCC(C=O)N1Cc2c(/C=C/CO)cccc2C1=O. The maximum Gasteiger partial charge on any atom is 0.255 e. The molecule has 1 atom stereocenters. The zero-order chi connectivity index (χ0) is 16.8. The van der Waals surface area contributed by atoms with Gasteiger partial charge in [-0.2, -0.15) is 0 Å². The number of amides is 2. The highest BCUT2D eigenvalue weighted by atomic mass is 16.2. The lowest BCUT2D eigenvalue weighted by molar-refractivity contribution is -0.121. The van der Waals surface area contributed by atoms with Crippen molar-refractivity contribution in [3.63, 3.8) is 0 Å². The zero-order valence-corrected chi connectivity index (χ0v) is 13.0. The lowest BCUT2D eigenvalue weighted by Crippen LogP contribution is -2.37. The lowest BCUT2D eigenvalue weighted by atomic mass is 10.0. The van der Waals surface area contributed by atoms with E-state index < -0.39 is 6.04 Å². The Morgan fingerprint density at radius 3 is 2.91 bits per heavy atom. The number of hydrogen-bond acceptors (Lipinski definition) is 4. The third-order valence-corrected chi connectivity index (χ3v) is 3.94. The van der Waals surface area contributed by atoms with Gasteiger partial charge in [-0.3, -0.25) is 9.59 Å². The molecule has 0 spiro atoms. The Labute approximate surface area is 134 Å². The third kappa shape index (κ3) is 3.65. The summed E-state index contributed by atoms with van der Waals surface area (Å²) in [5, 5.41) is 11.4. The van der Waals surface area contributed by atoms with Crippen LogP contribution in [0.4, 0.5) is 0 Å². The van der Waals surface area contributed by atoms with Gasteiger partial charge in [0.2, 0.25) is 5.91 Å². The van der Waals surface area contributed by atoms with E-state index in [1.54, 1.807) is 24.3 Å². The molecule has 2 rings (SSSR count). The Bertz CT molecular complexity index is 639. The van der Waals surface area contributed by atoms with Crippen LogP contribution >= 0.6 is 0 Å². The Balaban J connectivity index is 2.20. The number of fused-ring (bicyclic) bond motifs is 1. The normalized spacial score (nSPS) is 14.9. The van der Waals surface area contributed by atoms with Crippen LogP contribution in [0, 0.1) is 0 Å². The number of nitrogens with one attached hydrogen (secondary N) is 1. The van der Waals surface area contributed by atoms with Gasteiger partial charge in [0.1, 0.15) is 6.29 Å². The lowest BCUT2D eigenvalue weighted by Gasteiger charge is -2.22. The maximum absolute atomic E-state index is 12.5. The molecule has 1 aromatic rings. The first-order valence-electron chi connectivity index (χ1n) is 7.48. The molecule has 1 aliphatic rings. The molecule has 1 aromatic carbocycles. The van der Waals surface area contributed by atoms with E-state index in [1.807, 2.05) is 6.07 Å². The molecule has 0 aliphatic carbocycles. The Kier molecular flexibility index (Phi) is 5.65. The molecule has 23 heavy (non-hydrogen) atoms. The van der Waals surface area contributed by atoms with E-state index in [-0.39, 0.29) is 24.8 Å². The van der Waals surface area contributed by atoms with Crippen LogP contribution in [0.15, 0.2) is 24.3 Å². The number of benzene rings is 1. The van der Waals surface area contributed by atoms with Crippen LogP contribution in [0.5, 0.6) is 0 Å². The topological polar surface area (TPSA) is 86.7 Å². The van der Waals surface area contributed by atoms with Crippen LogP contribution in [0.25, 0.3) is 6.08 Å². The second-order valence-electron chi connectivity index (χ2n) is 5.31. The quantitative estimate of drug-likeness (QED) is 0.727. The number of aldehydes is 1. The van der Waals surface area contributed by atoms with Gasteiger partial charge in [0.15, 0.2) is 0 Å². The minimum atomic E-state index is -0.623. The van der Waals surface area contributed by atoms with Gasteiger partial charge in [-0.15, -0.1) is 0 Å². The highest BCUT2D eigenvalue weighted by Crippen LogP contribution is 2.29. The van der Waals surface area contributed by atoms with Crippen LogP contribution in [0.1, 0.15) is 34.3 Å². The van der Waals surface area contributed by atoms with E-state index in [4.69, 9.17) is 5.11 Å². The van der Waals surface area contributed by atoms with E-state index in [0.717, 1.165) is 17.4 Å². The summed E-state index contributed by atoms with van der Waals surface area (Å²) in [6.45, 7) is 0.252. The molecule has 6 heteroatoms. The summed E-state index contributed by atoms with van der Waals surface area (Å²) in [5.74, 6) is -0.360. The van der Waals surface area contributed by atoms with Gasteiger partial charge in [-0.1, -0.05) is 24.3 Å². The molecule has 0 bridgehead atoms. The van der Waals surface area contributed by atoms with E-state index in [0.29, 0.717) is 18.5 Å². The molecule has 1 unspecified atom stereocenters. The Hall–Kier alpha value is -2.47. The van der Waals surface area contributed by atoms with Crippen LogP contribution in [-0.4, -0.2) is 47.8 Å². The van der Waals surface area contributed by atoms with Crippen molar-refractivity contribution in [2.24, 2.45) is 0 Å². The number of hydrogen-bond donors (Lipinski definition) is 2. The molecular weight excluding hydrogens is 296 g/mol. The molecule has 0 saturated heterocycles. The van der Waals surface area contributed by atoms with Crippen LogP contribution < -0.4 is 5.32 Å².